The van der Waals surface area contributed by atoms with Crippen LogP contribution in [-0.2, 0) is 5.41 Å². The fourth-order valence-electron chi connectivity index (χ4n) is 0.705. The lowest BCUT2D eigenvalue weighted by Crippen LogP contribution is -2.13. The Balaban J connectivity index is 3.04. The van der Waals surface area contributed by atoms with Gasteiger partial charge in [-0.15, -0.1) is 6.42 Å². The molecular formula is C9H11NO. The molecule has 0 aliphatic rings. The summed E-state index contributed by atoms with van der Waals surface area (Å²) in [5.41, 5.74) is -0.395. The zero-order valence-electron chi connectivity index (χ0n) is 7.01. The number of hydrogen-bond acceptors (Lipinski definition) is 2. The first-order valence-corrected chi connectivity index (χ1v) is 3.47. The molecule has 0 saturated heterocycles. The number of terminal acetylenes is 1. The van der Waals surface area contributed by atoms with E-state index in [4.69, 9.17) is 10.8 Å². The van der Waals surface area contributed by atoms with Gasteiger partial charge in [-0.3, -0.25) is 0 Å². The first-order valence-electron chi connectivity index (χ1n) is 3.47. The molecule has 2 nitrogen and oxygen atoms in total. The SMILES string of the molecule is C#CC(C)(C)c1ncc(C)o1. The second-order valence-electron chi connectivity index (χ2n) is 3.05. The maximum atomic E-state index is 5.30. The van der Waals surface area contributed by atoms with Gasteiger partial charge in [-0.25, -0.2) is 4.98 Å². The Morgan fingerprint density at radius 3 is 2.64 bits per heavy atom. The van der Waals surface area contributed by atoms with Crippen molar-refractivity contribution in [2.24, 2.45) is 0 Å². The molecule has 2 heteroatoms. The van der Waals surface area contributed by atoms with Crippen LogP contribution in [0.1, 0.15) is 25.5 Å². The highest BCUT2D eigenvalue weighted by molar-refractivity contribution is 5.18. The molecule has 0 radical (unpaired) electrons. The minimum atomic E-state index is -0.395. The van der Waals surface area contributed by atoms with E-state index >= 15 is 0 Å². The van der Waals surface area contributed by atoms with Crippen LogP contribution in [0.5, 0.6) is 0 Å². The lowest BCUT2D eigenvalue weighted by atomic mass is 9.95. The molecule has 1 aromatic rings. The average molecular weight is 149 g/mol. The number of aromatic nitrogens is 1. The van der Waals surface area contributed by atoms with Crippen LogP contribution in [0.15, 0.2) is 10.6 Å². The monoisotopic (exact) mass is 149 g/mol. The van der Waals surface area contributed by atoms with Gasteiger partial charge in [0.2, 0.25) is 5.89 Å². The molecule has 0 atom stereocenters. The third-order valence-electron chi connectivity index (χ3n) is 1.52. The predicted octanol–water partition coefficient (Wildman–Crippen LogP) is 1.89. The van der Waals surface area contributed by atoms with Gasteiger partial charge in [0.1, 0.15) is 11.2 Å². The summed E-state index contributed by atoms with van der Waals surface area (Å²) in [6, 6.07) is 0. The van der Waals surface area contributed by atoms with Gasteiger partial charge in [0.15, 0.2) is 0 Å². The number of rotatable bonds is 1. The molecule has 0 unspecified atom stereocenters. The van der Waals surface area contributed by atoms with Crippen LogP contribution in [0.3, 0.4) is 0 Å². The standard InChI is InChI=1S/C9H11NO/c1-5-9(3,4)8-10-6-7(2)11-8/h1,6H,2-4H3. The second-order valence-corrected chi connectivity index (χ2v) is 3.05. The molecule has 0 fully saturated rings. The highest BCUT2D eigenvalue weighted by Gasteiger charge is 2.22. The van der Waals surface area contributed by atoms with E-state index in [9.17, 15) is 0 Å². The largest absolute Gasteiger partial charge is 0.444 e. The molecule has 0 N–H and O–H groups in total. The molecule has 0 bridgehead atoms. The van der Waals surface area contributed by atoms with Gasteiger partial charge in [-0.2, -0.15) is 0 Å². The van der Waals surface area contributed by atoms with Crippen molar-refractivity contribution in [3.63, 3.8) is 0 Å². The van der Waals surface area contributed by atoms with E-state index in [2.05, 4.69) is 10.9 Å². The Bertz CT molecular complexity index is 291. The fraction of sp³-hybridized carbons (Fsp3) is 0.444. The van der Waals surface area contributed by atoms with Crippen LogP contribution >= 0.6 is 0 Å². The Labute approximate surface area is 66.6 Å². The van der Waals surface area contributed by atoms with E-state index < -0.39 is 5.41 Å². The molecular weight excluding hydrogens is 138 g/mol. The molecule has 1 aromatic heterocycles. The first-order chi connectivity index (χ1) is 5.06. The quantitative estimate of drug-likeness (QED) is 0.570. The minimum Gasteiger partial charge on any atom is -0.444 e. The summed E-state index contributed by atoms with van der Waals surface area (Å²) in [4.78, 5) is 4.05. The summed E-state index contributed by atoms with van der Waals surface area (Å²) < 4.78 is 5.29. The van der Waals surface area contributed by atoms with Gasteiger partial charge >= 0.3 is 0 Å². The van der Waals surface area contributed by atoms with Crippen LogP contribution in [0, 0.1) is 19.3 Å². The Morgan fingerprint density at radius 1 is 1.64 bits per heavy atom. The Hall–Kier alpha value is -1.23. The van der Waals surface area contributed by atoms with Gasteiger partial charge in [0.25, 0.3) is 0 Å². The van der Waals surface area contributed by atoms with Crippen molar-refractivity contribution in [3.05, 3.63) is 17.8 Å². The van der Waals surface area contributed by atoms with Crippen LogP contribution in [0.25, 0.3) is 0 Å². The third kappa shape index (κ3) is 1.43. The van der Waals surface area contributed by atoms with Crippen molar-refractivity contribution < 1.29 is 4.42 Å². The summed E-state index contributed by atoms with van der Waals surface area (Å²) in [7, 11) is 0. The van der Waals surface area contributed by atoms with Crippen molar-refractivity contribution in [2.75, 3.05) is 0 Å². The zero-order valence-corrected chi connectivity index (χ0v) is 7.01. The number of hydrogen-bond donors (Lipinski definition) is 0. The van der Waals surface area contributed by atoms with Gasteiger partial charge in [0, 0.05) is 0 Å². The number of oxazole rings is 1. The number of aryl methyl sites for hydroxylation is 1. The summed E-state index contributed by atoms with van der Waals surface area (Å²) in [6.07, 6.45) is 6.97. The summed E-state index contributed by atoms with van der Waals surface area (Å²) in [5, 5.41) is 0. The molecule has 0 aliphatic heterocycles. The second kappa shape index (κ2) is 2.43. The van der Waals surface area contributed by atoms with Crippen LogP contribution in [0.2, 0.25) is 0 Å². The Morgan fingerprint density at radius 2 is 2.27 bits per heavy atom. The van der Waals surface area contributed by atoms with Crippen molar-refractivity contribution >= 4 is 0 Å². The highest BCUT2D eigenvalue weighted by atomic mass is 16.4. The Kier molecular flexibility index (Phi) is 1.74. The highest BCUT2D eigenvalue weighted by Crippen LogP contribution is 2.20. The van der Waals surface area contributed by atoms with Crippen molar-refractivity contribution in [3.8, 4) is 12.3 Å². The van der Waals surface area contributed by atoms with Crippen molar-refractivity contribution in [2.45, 2.75) is 26.2 Å². The summed E-state index contributed by atoms with van der Waals surface area (Å²) in [6.45, 7) is 5.65. The van der Waals surface area contributed by atoms with E-state index in [1.807, 2.05) is 20.8 Å². The average Bonchev–Trinajstić information content (AvgIpc) is 2.36. The molecule has 0 aliphatic carbocycles. The smallest absolute Gasteiger partial charge is 0.212 e. The maximum absolute atomic E-state index is 5.30. The minimum absolute atomic E-state index is 0.395. The molecule has 1 heterocycles. The topological polar surface area (TPSA) is 26.0 Å². The van der Waals surface area contributed by atoms with Gasteiger partial charge in [0.05, 0.1) is 6.20 Å². The zero-order chi connectivity index (χ0) is 8.48. The molecule has 11 heavy (non-hydrogen) atoms. The molecule has 1 rings (SSSR count). The summed E-state index contributed by atoms with van der Waals surface area (Å²) in [5.74, 6) is 4.02. The van der Waals surface area contributed by atoms with Crippen LogP contribution in [-0.4, -0.2) is 4.98 Å². The van der Waals surface area contributed by atoms with Gasteiger partial charge in [-0.05, 0) is 20.8 Å². The molecule has 0 amide bonds. The first kappa shape index (κ1) is 7.87. The lowest BCUT2D eigenvalue weighted by Gasteiger charge is -2.10. The number of nitrogens with zero attached hydrogens (tertiary/aromatic N) is 1. The molecule has 0 saturated carbocycles. The molecule has 0 aromatic carbocycles. The van der Waals surface area contributed by atoms with E-state index in [0.29, 0.717) is 5.89 Å². The van der Waals surface area contributed by atoms with Crippen molar-refractivity contribution in [1.82, 2.24) is 4.98 Å². The van der Waals surface area contributed by atoms with E-state index in [0.717, 1.165) is 5.76 Å². The normalized spacial score (nSPS) is 11.1. The molecule has 58 valence electrons. The predicted molar refractivity (Wildman–Crippen MR) is 43.1 cm³/mol. The lowest BCUT2D eigenvalue weighted by molar-refractivity contribution is 0.413. The van der Waals surface area contributed by atoms with Crippen molar-refractivity contribution in [1.29, 1.82) is 0 Å². The molecule has 0 spiro atoms. The van der Waals surface area contributed by atoms with Gasteiger partial charge in [-0.1, -0.05) is 5.92 Å². The third-order valence-corrected chi connectivity index (χ3v) is 1.52. The van der Waals surface area contributed by atoms with Crippen LogP contribution < -0.4 is 0 Å². The van der Waals surface area contributed by atoms with Crippen LogP contribution in [0.4, 0.5) is 0 Å². The van der Waals surface area contributed by atoms with E-state index in [1.54, 1.807) is 6.20 Å². The van der Waals surface area contributed by atoms with Gasteiger partial charge < -0.3 is 4.42 Å². The fourth-order valence-corrected chi connectivity index (χ4v) is 0.705. The maximum Gasteiger partial charge on any atom is 0.212 e. The summed E-state index contributed by atoms with van der Waals surface area (Å²) >= 11 is 0. The van der Waals surface area contributed by atoms with E-state index in [-0.39, 0.29) is 0 Å². The van der Waals surface area contributed by atoms with E-state index in [1.165, 1.54) is 0 Å².